The molecule has 1 saturated heterocycles. The number of carbonyl (C=O) groups excluding carboxylic acids is 1. The smallest absolute Gasteiger partial charge is 0.224 e. The molecule has 1 amide bonds. The minimum Gasteiger partial charge on any atom is -0.357 e. The Morgan fingerprint density at radius 2 is 1.97 bits per heavy atom. The van der Waals surface area contributed by atoms with Gasteiger partial charge in [0.15, 0.2) is 5.96 Å². The number of aryl methyl sites for hydroxylation is 1. The van der Waals surface area contributed by atoms with E-state index in [1.807, 2.05) is 30.0 Å². The predicted octanol–water partition coefficient (Wildman–Crippen LogP) is 2.32. The SMILES string of the molecule is CCNC(=NCc1ccc(F)c(C)c1)NCCC(=O)N1CCN(c2ccccn2)CC1. The molecule has 0 saturated carbocycles. The number of aliphatic imine (C=N–C) groups is 1. The lowest BCUT2D eigenvalue weighted by Crippen LogP contribution is -2.49. The van der Waals surface area contributed by atoms with Crippen LogP contribution in [-0.4, -0.2) is 61.0 Å². The number of nitrogens with one attached hydrogen (secondary N) is 2. The number of aromatic nitrogens is 1. The number of piperazine rings is 1. The number of anilines is 1. The van der Waals surface area contributed by atoms with E-state index in [2.05, 4.69) is 25.5 Å². The van der Waals surface area contributed by atoms with Crippen molar-refractivity contribution in [2.75, 3.05) is 44.2 Å². The van der Waals surface area contributed by atoms with Crippen LogP contribution in [0.5, 0.6) is 0 Å². The molecule has 166 valence electrons. The first-order chi connectivity index (χ1) is 15.1. The van der Waals surface area contributed by atoms with Crippen LogP contribution < -0.4 is 15.5 Å². The average Bonchev–Trinajstić information content (AvgIpc) is 2.80. The Hall–Kier alpha value is -3.16. The second kappa shape index (κ2) is 11.3. The highest BCUT2D eigenvalue weighted by atomic mass is 19.1. The lowest BCUT2D eigenvalue weighted by Gasteiger charge is -2.35. The first-order valence-electron chi connectivity index (χ1n) is 10.8. The molecule has 2 heterocycles. The van der Waals surface area contributed by atoms with E-state index in [9.17, 15) is 9.18 Å². The topological polar surface area (TPSA) is 72.9 Å². The van der Waals surface area contributed by atoms with Gasteiger partial charge < -0.3 is 20.4 Å². The number of rotatable bonds is 7. The first kappa shape index (κ1) is 22.5. The van der Waals surface area contributed by atoms with E-state index >= 15 is 0 Å². The summed E-state index contributed by atoms with van der Waals surface area (Å²) in [6, 6.07) is 10.9. The summed E-state index contributed by atoms with van der Waals surface area (Å²) in [5.74, 6) is 1.53. The van der Waals surface area contributed by atoms with Crippen LogP contribution >= 0.6 is 0 Å². The van der Waals surface area contributed by atoms with E-state index in [-0.39, 0.29) is 11.7 Å². The zero-order chi connectivity index (χ0) is 22.1. The van der Waals surface area contributed by atoms with Crippen LogP contribution in [-0.2, 0) is 11.3 Å². The highest BCUT2D eigenvalue weighted by Gasteiger charge is 2.21. The molecule has 3 rings (SSSR count). The van der Waals surface area contributed by atoms with Crippen LogP contribution in [0.1, 0.15) is 24.5 Å². The Kier molecular flexibility index (Phi) is 8.20. The fourth-order valence-electron chi connectivity index (χ4n) is 3.49. The van der Waals surface area contributed by atoms with Gasteiger partial charge in [-0.3, -0.25) is 4.79 Å². The average molecular weight is 427 g/mol. The molecule has 0 atom stereocenters. The Morgan fingerprint density at radius 1 is 1.16 bits per heavy atom. The third kappa shape index (κ3) is 6.67. The number of halogens is 1. The molecular weight excluding hydrogens is 395 g/mol. The monoisotopic (exact) mass is 426 g/mol. The summed E-state index contributed by atoms with van der Waals surface area (Å²) >= 11 is 0. The maximum absolute atomic E-state index is 13.4. The number of hydrogen-bond donors (Lipinski definition) is 2. The number of benzene rings is 1. The lowest BCUT2D eigenvalue weighted by atomic mass is 10.1. The van der Waals surface area contributed by atoms with Gasteiger partial charge in [-0.25, -0.2) is 14.4 Å². The van der Waals surface area contributed by atoms with Crippen LogP contribution in [0.2, 0.25) is 0 Å². The highest BCUT2D eigenvalue weighted by molar-refractivity contribution is 5.81. The third-order valence-electron chi connectivity index (χ3n) is 5.22. The number of carbonyl (C=O) groups is 1. The molecule has 0 unspecified atom stereocenters. The van der Waals surface area contributed by atoms with Crippen molar-refractivity contribution in [2.45, 2.75) is 26.8 Å². The quantitative estimate of drug-likeness (QED) is 0.525. The van der Waals surface area contributed by atoms with Gasteiger partial charge in [-0.1, -0.05) is 18.2 Å². The minimum absolute atomic E-state index is 0.137. The molecule has 0 spiro atoms. The molecular formula is C23H31FN6O. The summed E-state index contributed by atoms with van der Waals surface area (Å²) in [6.45, 7) is 8.39. The van der Waals surface area contributed by atoms with Crippen LogP contribution in [0.3, 0.4) is 0 Å². The number of hydrogen-bond acceptors (Lipinski definition) is 4. The van der Waals surface area contributed by atoms with Gasteiger partial charge in [-0.2, -0.15) is 0 Å². The summed E-state index contributed by atoms with van der Waals surface area (Å²) in [5, 5.41) is 6.40. The molecule has 1 aliphatic heterocycles. The summed E-state index contributed by atoms with van der Waals surface area (Å²) < 4.78 is 13.4. The molecule has 31 heavy (non-hydrogen) atoms. The molecule has 1 aromatic carbocycles. The molecule has 7 nitrogen and oxygen atoms in total. The van der Waals surface area contributed by atoms with Crippen molar-refractivity contribution >= 4 is 17.7 Å². The number of guanidine groups is 1. The van der Waals surface area contributed by atoms with Gasteiger partial charge in [0.25, 0.3) is 0 Å². The number of nitrogens with zero attached hydrogens (tertiary/aromatic N) is 4. The number of pyridine rings is 1. The molecule has 1 aromatic heterocycles. The fourth-order valence-corrected chi connectivity index (χ4v) is 3.49. The maximum atomic E-state index is 13.4. The molecule has 0 aliphatic carbocycles. The highest BCUT2D eigenvalue weighted by Crippen LogP contribution is 2.13. The molecule has 2 N–H and O–H groups in total. The van der Waals surface area contributed by atoms with Gasteiger partial charge in [-0.15, -0.1) is 0 Å². The summed E-state index contributed by atoms with van der Waals surface area (Å²) in [5.41, 5.74) is 1.55. The standard InChI is InChI=1S/C23H31FN6O/c1-3-25-23(28-17-19-7-8-20(24)18(2)16-19)27-11-9-22(31)30-14-12-29(13-15-30)21-6-4-5-10-26-21/h4-8,10,16H,3,9,11-15,17H2,1-2H3,(H2,25,27,28). The largest absolute Gasteiger partial charge is 0.357 e. The van der Waals surface area contributed by atoms with Crippen molar-refractivity contribution < 1.29 is 9.18 Å². The van der Waals surface area contributed by atoms with Crippen molar-refractivity contribution in [3.8, 4) is 0 Å². The van der Waals surface area contributed by atoms with Gasteiger partial charge in [0.05, 0.1) is 6.54 Å². The summed E-state index contributed by atoms with van der Waals surface area (Å²) in [6.07, 6.45) is 2.20. The van der Waals surface area contributed by atoms with E-state index < -0.39 is 0 Å². The molecule has 0 radical (unpaired) electrons. The predicted molar refractivity (Wildman–Crippen MR) is 122 cm³/mol. The van der Waals surface area contributed by atoms with E-state index in [1.165, 1.54) is 6.07 Å². The molecule has 2 aromatic rings. The Labute approximate surface area is 183 Å². The molecule has 1 aliphatic rings. The van der Waals surface area contributed by atoms with Crippen molar-refractivity contribution in [3.05, 3.63) is 59.5 Å². The summed E-state index contributed by atoms with van der Waals surface area (Å²) in [4.78, 5) is 25.6. The van der Waals surface area contributed by atoms with Gasteiger partial charge in [0.2, 0.25) is 5.91 Å². The van der Waals surface area contributed by atoms with Gasteiger partial charge >= 0.3 is 0 Å². The van der Waals surface area contributed by atoms with Crippen LogP contribution in [0.4, 0.5) is 10.2 Å². The van der Waals surface area contributed by atoms with Crippen LogP contribution in [0.25, 0.3) is 0 Å². The van der Waals surface area contributed by atoms with Crippen molar-refractivity contribution in [3.63, 3.8) is 0 Å². The fraction of sp³-hybridized carbons (Fsp3) is 0.435. The zero-order valence-corrected chi connectivity index (χ0v) is 18.3. The van der Waals surface area contributed by atoms with Gasteiger partial charge in [0.1, 0.15) is 11.6 Å². The number of amides is 1. The summed E-state index contributed by atoms with van der Waals surface area (Å²) in [7, 11) is 0. The Morgan fingerprint density at radius 3 is 2.65 bits per heavy atom. The van der Waals surface area contributed by atoms with Gasteiger partial charge in [0, 0.05) is 51.9 Å². The maximum Gasteiger partial charge on any atom is 0.224 e. The minimum atomic E-state index is -0.211. The second-order valence-corrected chi connectivity index (χ2v) is 7.51. The third-order valence-corrected chi connectivity index (χ3v) is 5.22. The van der Waals surface area contributed by atoms with Crippen molar-refractivity contribution in [1.29, 1.82) is 0 Å². The van der Waals surface area contributed by atoms with E-state index in [0.29, 0.717) is 44.1 Å². The Balaban J connectivity index is 1.43. The van der Waals surface area contributed by atoms with Gasteiger partial charge in [-0.05, 0) is 43.2 Å². The zero-order valence-electron chi connectivity index (χ0n) is 18.3. The van der Waals surface area contributed by atoms with Crippen molar-refractivity contribution in [1.82, 2.24) is 20.5 Å². The molecule has 0 bridgehead atoms. The molecule has 1 fully saturated rings. The van der Waals surface area contributed by atoms with Crippen LogP contribution in [0.15, 0.2) is 47.6 Å². The Bertz CT molecular complexity index is 881. The van der Waals surface area contributed by atoms with E-state index in [1.54, 1.807) is 25.3 Å². The van der Waals surface area contributed by atoms with E-state index in [0.717, 1.165) is 31.0 Å². The van der Waals surface area contributed by atoms with Crippen LogP contribution in [0, 0.1) is 12.7 Å². The molecule has 8 heteroatoms. The van der Waals surface area contributed by atoms with E-state index in [4.69, 9.17) is 0 Å². The second-order valence-electron chi connectivity index (χ2n) is 7.51. The van der Waals surface area contributed by atoms with Crippen molar-refractivity contribution in [2.24, 2.45) is 4.99 Å². The lowest BCUT2D eigenvalue weighted by molar-refractivity contribution is -0.131. The normalized spacial score (nSPS) is 14.5. The first-order valence-corrected chi connectivity index (χ1v) is 10.8.